The molecule has 0 N–H and O–H groups in total. The Hall–Kier alpha value is -3.04. The number of rotatable bonds is 4. The van der Waals surface area contributed by atoms with Crippen molar-refractivity contribution < 1.29 is 18.8 Å². The fraction of sp³-hybridized carbons (Fsp3) is 0.458. The number of benzene rings is 2. The Labute approximate surface area is 191 Å². The van der Waals surface area contributed by atoms with Crippen molar-refractivity contribution in [1.29, 1.82) is 0 Å². The van der Waals surface area contributed by atoms with E-state index in [2.05, 4.69) is 9.80 Å². The molecule has 0 saturated carbocycles. The predicted molar refractivity (Wildman–Crippen MR) is 121 cm³/mol. The van der Waals surface area contributed by atoms with E-state index >= 15 is 0 Å². The highest BCUT2D eigenvalue weighted by molar-refractivity contribution is 5.82. The lowest BCUT2D eigenvalue weighted by molar-refractivity contribution is -0.384. The molecule has 2 saturated heterocycles. The van der Waals surface area contributed by atoms with Gasteiger partial charge in [-0.15, -0.1) is 0 Å². The maximum Gasteiger partial charge on any atom is 0.269 e. The van der Waals surface area contributed by atoms with Gasteiger partial charge >= 0.3 is 0 Å². The normalized spacial score (nSPS) is 23.1. The maximum atomic E-state index is 13.6. The highest BCUT2D eigenvalue weighted by Crippen LogP contribution is 2.38. The van der Waals surface area contributed by atoms with Gasteiger partial charge < -0.3 is 14.5 Å². The SMILES string of the molecule is O=C(C1Cc2cc([N+](=O)[O-])ccc2N2CCN(Cc3ccc(F)cc3)CC12)N1CCOCC1. The molecule has 3 aliphatic rings. The zero-order valence-corrected chi connectivity index (χ0v) is 18.4. The first-order valence-electron chi connectivity index (χ1n) is 11.4. The molecule has 3 aliphatic heterocycles. The van der Waals surface area contributed by atoms with Crippen molar-refractivity contribution in [3.05, 3.63) is 69.5 Å². The third kappa shape index (κ3) is 4.43. The number of morpholine rings is 1. The number of carbonyl (C=O) groups is 1. The largest absolute Gasteiger partial charge is 0.378 e. The lowest BCUT2D eigenvalue weighted by Gasteiger charge is -2.50. The van der Waals surface area contributed by atoms with Crippen molar-refractivity contribution in [2.24, 2.45) is 5.92 Å². The van der Waals surface area contributed by atoms with Crippen LogP contribution in [-0.2, 0) is 22.5 Å². The molecule has 2 aromatic carbocycles. The summed E-state index contributed by atoms with van der Waals surface area (Å²) in [5.74, 6) is -0.444. The monoisotopic (exact) mass is 454 g/mol. The highest BCUT2D eigenvalue weighted by atomic mass is 19.1. The van der Waals surface area contributed by atoms with Gasteiger partial charge in [-0.3, -0.25) is 19.8 Å². The number of nitrogens with zero attached hydrogens (tertiary/aromatic N) is 4. The molecule has 2 atom stereocenters. The average molecular weight is 455 g/mol. The fourth-order valence-electron chi connectivity index (χ4n) is 5.28. The van der Waals surface area contributed by atoms with E-state index in [1.54, 1.807) is 24.3 Å². The first kappa shape index (κ1) is 21.8. The van der Waals surface area contributed by atoms with Gasteiger partial charge in [0.25, 0.3) is 5.69 Å². The molecular weight excluding hydrogens is 427 g/mol. The number of nitro groups is 1. The molecule has 174 valence electrons. The molecule has 2 fully saturated rings. The zero-order valence-electron chi connectivity index (χ0n) is 18.4. The molecule has 0 aromatic heterocycles. The van der Waals surface area contributed by atoms with Crippen LogP contribution >= 0.6 is 0 Å². The Balaban J connectivity index is 1.43. The number of carbonyl (C=O) groups excluding carboxylic acids is 1. The topological polar surface area (TPSA) is 79.2 Å². The molecule has 0 radical (unpaired) electrons. The van der Waals surface area contributed by atoms with E-state index < -0.39 is 0 Å². The Kier molecular flexibility index (Phi) is 5.99. The second-order valence-corrected chi connectivity index (χ2v) is 8.94. The minimum Gasteiger partial charge on any atom is -0.378 e. The summed E-state index contributed by atoms with van der Waals surface area (Å²) in [5, 5.41) is 11.3. The number of hydrogen-bond acceptors (Lipinski definition) is 6. The van der Waals surface area contributed by atoms with Crippen molar-refractivity contribution in [3.8, 4) is 0 Å². The summed E-state index contributed by atoms with van der Waals surface area (Å²) in [4.78, 5) is 31.0. The number of hydrogen-bond donors (Lipinski definition) is 0. The van der Waals surface area contributed by atoms with E-state index in [0.29, 0.717) is 45.8 Å². The van der Waals surface area contributed by atoms with Gasteiger partial charge in [-0.2, -0.15) is 0 Å². The second-order valence-electron chi connectivity index (χ2n) is 8.94. The number of anilines is 1. The zero-order chi connectivity index (χ0) is 22.9. The van der Waals surface area contributed by atoms with E-state index in [1.165, 1.54) is 12.1 Å². The van der Waals surface area contributed by atoms with Crippen molar-refractivity contribution in [3.63, 3.8) is 0 Å². The molecule has 2 aromatic rings. The minimum absolute atomic E-state index is 0.0245. The van der Waals surface area contributed by atoms with Crippen LogP contribution in [0.3, 0.4) is 0 Å². The molecule has 2 unspecified atom stereocenters. The summed E-state index contributed by atoms with van der Waals surface area (Å²) >= 11 is 0. The first-order valence-corrected chi connectivity index (χ1v) is 11.4. The standard InChI is InChI=1S/C24H27FN4O4/c25-19-3-1-17(2-4-19)15-26-7-8-28-22-6-5-20(29(31)32)13-18(22)14-21(23(28)16-26)24(30)27-9-11-33-12-10-27/h1-6,13,21,23H,7-12,14-16H2. The molecule has 0 bridgehead atoms. The van der Waals surface area contributed by atoms with Crippen LogP contribution < -0.4 is 4.90 Å². The van der Waals surface area contributed by atoms with Crippen molar-refractivity contribution in [1.82, 2.24) is 9.80 Å². The van der Waals surface area contributed by atoms with Crippen LogP contribution in [0.1, 0.15) is 11.1 Å². The van der Waals surface area contributed by atoms with Crippen LogP contribution in [0.5, 0.6) is 0 Å². The van der Waals surface area contributed by atoms with Gasteiger partial charge in [0.05, 0.1) is 30.1 Å². The van der Waals surface area contributed by atoms with Crippen molar-refractivity contribution in [2.45, 2.75) is 19.0 Å². The Morgan fingerprint density at radius 3 is 2.58 bits per heavy atom. The van der Waals surface area contributed by atoms with Gasteiger partial charge in [-0.1, -0.05) is 12.1 Å². The van der Waals surface area contributed by atoms with Crippen LogP contribution in [0.25, 0.3) is 0 Å². The van der Waals surface area contributed by atoms with Gasteiger partial charge in [0.2, 0.25) is 5.91 Å². The molecule has 1 amide bonds. The summed E-state index contributed by atoms with van der Waals surface area (Å²) in [6.45, 7) is 5.13. The van der Waals surface area contributed by atoms with E-state index in [1.807, 2.05) is 11.0 Å². The molecule has 0 spiro atoms. The van der Waals surface area contributed by atoms with E-state index in [-0.39, 0.29) is 34.3 Å². The van der Waals surface area contributed by atoms with Gasteiger partial charge in [0.1, 0.15) is 5.82 Å². The highest BCUT2D eigenvalue weighted by Gasteiger charge is 2.43. The Bertz CT molecular complexity index is 1040. The average Bonchev–Trinajstić information content (AvgIpc) is 2.84. The van der Waals surface area contributed by atoms with Crippen LogP contribution in [0.2, 0.25) is 0 Å². The lowest BCUT2D eigenvalue weighted by atomic mass is 9.82. The summed E-state index contributed by atoms with van der Waals surface area (Å²) in [6, 6.07) is 11.5. The number of non-ortho nitro benzene ring substituents is 1. The summed E-state index contributed by atoms with van der Waals surface area (Å²) in [5.41, 5.74) is 2.93. The number of amides is 1. The molecule has 9 heteroatoms. The van der Waals surface area contributed by atoms with Gasteiger partial charge in [0.15, 0.2) is 0 Å². The summed E-state index contributed by atoms with van der Waals surface area (Å²) in [7, 11) is 0. The van der Waals surface area contributed by atoms with Crippen LogP contribution in [-0.4, -0.2) is 72.6 Å². The quantitative estimate of drug-likeness (QED) is 0.522. The van der Waals surface area contributed by atoms with E-state index in [9.17, 15) is 19.3 Å². The first-order chi connectivity index (χ1) is 16.0. The second kappa shape index (κ2) is 9.07. The number of ether oxygens (including phenoxy) is 1. The number of fused-ring (bicyclic) bond motifs is 3. The van der Waals surface area contributed by atoms with Crippen LogP contribution in [0.15, 0.2) is 42.5 Å². The van der Waals surface area contributed by atoms with Crippen LogP contribution in [0.4, 0.5) is 15.8 Å². The van der Waals surface area contributed by atoms with Crippen molar-refractivity contribution in [2.75, 3.05) is 50.8 Å². The number of halogens is 1. The molecular formula is C24H27FN4O4. The summed E-state index contributed by atoms with van der Waals surface area (Å²) in [6.07, 6.45) is 0.485. The Morgan fingerprint density at radius 2 is 1.85 bits per heavy atom. The minimum atomic E-state index is -0.383. The molecule has 33 heavy (non-hydrogen) atoms. The molecule has 8 nitrogen and oxygen atoms in total. The number of nitro benzene ring substituents is 1. The Morgan fingerprint density at radius 1 is 1.09 bits per heavy atom. The van der Waals surface area contributed by atoms with Crippen LogP contribution in [0, 0.1) is 21.8 Å². The molecule has 3 heterocycles. The van der Waals surface area contributed by atoms with E-state index in [4.69, 9.17) is 4.74 Å². The lowest BCUT2D eigenvalue weighted by Crippen LogP contribution is -2.61. The van der Waals surface area contributed by atoms with Gasteiger partial charge in [-0.25, -0.2) is 4.39 Å². The molecule has 0 aliphatic carbocycles. The van der Waals surface area contributed by atoms with Gasteiger partial charge in [0, 0.05) is 57.1 Å². The maximum absolute atomic E-state index is 13.6. The number of piperazine rings is 1. The van der Waals surface area contributed by atoms with Gasteiger partial charge in [-0.05, 0) is 35.7 Å². The third-order valence-electron chi connectivity index (χ3n) is 6.95. The molecule has 5 rings (SSSR count). The summed E-state index contributed by atoms with van der Waals surface area (Å²) < 4.78 is 18.7. The smallest absolute Gasteiger partial charge is 0.269 e. The predicted octanol–water partition coefficient (Wildman–Crippen LogP) is 2.46. The fourth-order valence-corrected chi connectivity index (χ4v) is 5.28. The van der Waals surface area contributed by atoms with Crippen molar-refractivity contribution >= 4 is 17.3 Å². The third-order valence-corrected chi connectivity index (χ3v) is 6.95. The van der Waals surface area contributed by atoms with E-state index in [0.717, 1.165) is 29.9 Å².